The fourth-order valence-corrected chi connectivity index (χ4v) is 3.66. The SMILES string of the molecule is CN1C(=O)[C@H]2O[C@H](c3ccccc3)[C@@H]1C2c1ccccc1. The smallest absolute Gasteiger partial charge is 0.252 e. The van der Waals surface area contributed by atoms with Crippen LogP contribution < -0.4 is 0 Å². The van der Waals surface area contributed by atoms with Gasteiger partial charge in [0.15, 0.2) is 0 Å². The quantitative estimate of drug-likeness (QED) is 0.846. The van der Waals surface area contributed by atoms with E-state index in [0.29, 0.717) is 0 Å². The average molecular weight is 279 g/mol. The predicted octanol–water partition coefficient (Wildman–Crippen LogP) is 2.75. The number of carbonyl (C=O) groups excluding carboxylic acids is 1. The Labute approximate surface area is 124 Å². The van der Waals surface area contributed by atoms with Crippen LogP contribution in [0.3, 0.4) is 0 Å². The van der Waals surface area contributed by atoms with Crippen molar-refractivity contribution in [1.82, 2.24) is 4.90 Å². The van der Waals surface area contributed by atoms with E-state index in [0.717, 1.165) is 5.56 Å². The fraction of sp³-hybridized carbons (Fsp3) is 0.278. The van der Waals surface area contributed by atoms with Gasteiger partial charge < -0.3 is 9.64 Å². The predicted molar refractivity (Wildman–Crippen MR) is 79.8 cm³/mol. The highest BCUT2D eigenvalue weighted by atomic mass is 16.5. The molecule has 0 N–H and O–H groups in total. The van der Waals surface area contributed by atoms with Crippen LogP contribution in [0.4, 0.5) is 0 Å². The zero-order chi connectivity index (χ0) is 14.4. The van der Waals surface area contributed by atoms with E-state index in [4.69, 9.17) is 4.74 Å². The average Bonchev–Trinajstić information content (AvgIpc) is 3.04. The molecular formula is C18H17NO2. The topological polar surface area (TPSA) is 29.5 Å². The Morgan fingerprint density at radius 2 is 1.43 bits per heavy atom. The van der Waals surface area contributed by atoms with Crippen LogP contribution in [0, 0.1) is 0 Å². The fourth-order valence-electron chi connectivity index (χ4n) is 3.66. The van der Waals surface area contributed by atoms with Gasteiger partial charge in [0.05, 0.1) is 6.04 Å². The number of likely N-dealkylation sites (N-methyl/N-ethyl adjacent to an activating group) is 1. The number of amides is 1. The Kier molecular flexibility index (Phi) is 2.82. The van der Waals surface area contributed by atoms with E-state index in [1.165, 1.54) is 5.56 Å². The van der Waals surface area contributed by atoms with Gasteiger partial charge in [0.1, 0.15) is 12.2 Å². The van der Waals surface area contributed by atoms with Gasteiger partial charge in [-0.25, -0.2) is 0 Å². The van der Waals surface area contributed by atoms with Crippen LogP contribution in [0.15, 0.2) is 60.7 Å². The molecule has 2 bridgehead atoms. The second-order valence-electron chi connectivity index (χ2n) is 5.76. The lowest BCUT2D eigenvalue weighted by Crippen LogP contribution is -2.40. The highest BCUT2D eigenvalue weighted by Crippen LogP contribution is 2.50. The monoisotopic (exact) mass is 279 g/mol. The molecule has 2 aromatic carbocycles. The molecule has 106 valence electrons. The number of benzene rings is 2. The molecule has 2 aromatic rings. The lowest BCUT2D eigenvalue weighted by atomic mass is 9.88. The summed E-state index contributed by atoms with van der Waals surface area (Å²) in [5, 5.41) is 0. The number of likely N-dealkylation sites (tertiary alicyclic amines) is 1. The van der Waals surface area contributed by atoms with Gasteiger partial charge in [-0.15, -0.1) is 0 Å². The van der Waals surface area contributed by atoms with E-state index < -0.39 is 0 Å². The third-order valence-electron chi connectivity index (χ3n) is 4.65. The van der Waals surface area contributed by atoms with Gasteiger partial charge in [-0.05, 0) is 11.1 Å². The van der Waals surface area contributed by atoms with E-state index in [1.54, 1.807) is 0 Å². The van der Waals surface area contributed by atoms with Gasteiger partial charge in [0.2, 0.25) is 0 Å². The molecule has 21 heavy (non-hydrogen) atoms. The van der Waals surface area contributed by atoms with Crippen molar-refractivity contribution in [2.75, 3.05) is 7.05 Å². The van der Waals surface area contributed by atoms with E-state index in [9.17, 15) is 4.79 Å². The molecule has 2 heterocycles. The number of fused-ring (bicyclic) bond motifs is 2. The van der Waals surface area contributed by atoms with Crippen LogP contribution in [0.2, 0.25) is 0 Å². The molecule has 3 heteroatoms. The van der Waals surface area contributed by atoms with Crippen molar-refractivity contribution in [2.24, 2.45) is 0 Å². The number of hydrogen-bond donors (Lipinski definition) is 0. The molecule has 2 saturated heterocycles. The number of rotatable bonds is 2. The minimum Gasteiger partial charge on any atom is -0.358 e. The number of hydrogen-bond acceptors (Lipinski definition) is 2. The molecule has 4 atom stereocenters. The van der Waals surface area contributed by atoms with Crippen molar-refractivity contribution in [3.8, 4) is 0 Å². The molecule has 2 fully saturated rings. The number of morpholine rings is 1. The molecule has 1 unspecified atom stereocenters. The highest BCUT2D eigenvalue weighted by Gasteiger charge is 2.58. The summed E-state index contributed by atoms with van der Waals surface area (Å²) in [6.45, 7) is 0. The molecule has 3 nitrogen and oxygen atoms in total. The largest absolute Gasteiger partial charge is 0.358 e. The minimum atomic E-state index is -0.354. The van der Waals surface area contributed by atoms with Crippen molar-refractivity contribution >= 4 is 5.91 Å². The molecule has 0 aliphatic carbocycles. The molecular weight excluding hydrogens is 262 g/mol. The summed E-state index contributed by atoms with van der Waals surface area (Å²) >= 11 is 0. The molecule has 0 spiro atoms. The maximum absolute atomic E-state index is 12.3. The van der Waals surface area contributed by atoms with Crippen molar-refractivity contribution < 1.29 is 9.53 Å². The Morgan fingerprint density at radius 3 is 2.05 bits per heavy atom. The Hall–Kier alpha value is -2.13. The Bertz CT molecular complexity index is 655. The Morgan fingerprint density at radius 1 is 0.857 bits per heavy atom. The highest BCUT2D eigenvalue weighted by molar-refractivity contribution is 5.86. The van der Waals surface area contributed by atoms with Gasteiger partial charge in [-0.1, -0.05) is 60.7 Å². The summed E-state index contributed by atoms with van der Waals surface area (Å²) in [6, 6.07) is 20.5. The lowest BCUT2D eigenvalue weighted by Gasteiger charge is -2.30. The lowest BCUT2D eigenvalue weighted by molar-refractivity contribution is -0.148. The van der Waals surface area contributed by atoms with Gasteiger partial charge in [0, 0.05) is 13.0 Å². The molecule has 2 aliphatic heterocycles. The third-order valence-corrected chi connectivity index (χ3v) is 4.65. The summed E-state index contributed by atoms with van der Waals surface area (Å²) < 4.78 is 6.10. The van der Waals surface area contributed by atoms with Gasteiger partial charge >= 0.3 is 0 Å². The van der Waals surface area contributed by atoms with E-state index in [-0.39, 0.29) is 30.1 Å². The summed E-state index contributed by atoms with van der Waals surface area (Å²) in [5.74, 6) is 0.218. The maximum Gasteiger partial charge on any atom is 0.252 e. The number of ether oxygens (including phenoxy) is 1. The van der Waals surface area contributed by atoms with Crippen molar-refractivity contribution in [2.45, 2.75) is 24.2 Å². The number of nitrogens with zero attached hydrogens (tertiary/aromatic N) is 1. The standard InChI is InChI=1S/C18H17NO2/c1-19-15-14(12-8-4-2-5-9-12)17(18(19)20)21-16(15)13-10-6-3-7-11-13/h2-11,14-17H,1H3/t14?,15-,16+,17-/m0/s1. The minimum absolute atomic E-state index is 0.0379. The number of carbonyl (C=O) groups is 1. The van der Waals surface area contributed by atoms with Gasteiger partial charge in [0.25, 0.3) is 5.91 Å². The van der Waals surface area contributed by atoms with Crippen molar-refractivity contribution in [1.29, 1.82) is 0 Å². The molecule has 2 aliphatic rings. The van der Waals surface area contributed by atoms with Gasteiger partial charge in [-0.3, -0.25) is 4.79 Å². The third kappa shape index (κ3) is 1.81. The van der Waals surface area contributed by atoms with Crippen LogP contribution in [0.5, 0.6) is 0 Å². The zero-order valence-electron chi connectivity index (χ0n) is 11.8. The summed E-state index contributed by atoms with van der Waals surface area (Å²) in [5.41, 5.74) is 2.33. The van der Waals surface area contributed by atoms with E-state index in [2.05, 4.69) is 24.3 Å². The molecule has 0 aromatic heterocycles. The first-order valence-electron chi connectivity index (χ1n) is 7.29. The van der Waals surface area contributed by atoms with Crippen LogP contribution in [0.1, 0.15) is 23.1 Å². The molecule has 0 saturated carbocycles. The van der Waals surface area contributed by atoms with Crippen molar-refractivity contribution in [3.63, 3.8) is 0 Å². The first-order valence-corrected chi connectivity index (χ1v) is 7.29. The molecule has 4 rings (SSSR count). The zero-order valence-corrected chi connectivity index (χ0v) is 11.8. The normalized spacial score (nSPS) is 30.9. The first-order chi connectivity index (χ1) is 10.3. The summed E-state index contributed by atoms with van der Waals surface area (Å²) in [4.78, 5) is 14.2. The van der Waals surface area contributed by atoms with Crippen LogP contribution in [-0.2, 0) is 9.53 Å². The second kappa shape index (κ2) is 4.71. The van der Waals surface area contributed by atoms with E-state index in [1.807, 2.05) is 48.3 Å². The van der Waals surface area contributed by atoms with E-state index >= 15 is 0 Å². The summed E-state index contributed by atoms with van der Waals surface area (Å²) in [6.07, 6.45) is -0.392. The first kappa shape index (κ1) is 12.6. The Balaban J connectivity index is 1.75. The van der Waals surface area contributed by atoms with Crippen molar-refractivity contribution in [3.05, 3.63) is 71.8 Å². The molecule has 0 radical (unpaired) electrons. The molecule has 1 amide bonds. The summed E-state index contributed by atoms with van der Waals surface area (Å²) in [7, 11) is 1.89. The van der Waals surface area contributed by atoms with Crippen LogP contribution >= 0.6 is 0 Å². The van der Waals surface area contributed by atoms with Crippen LogP contribution in [-0.4, -0.2) is 30.0 Å². The van der Waals surface area contributed by atoms with Crippen LogP contribution in [0.25, 0.3) is 0 Å². The maximum atomic E-state index is 12.3. The van der Waals surface area contributed by atoms with Gasteiger partial charge in [-0.2, -0.15) is 0 Å². The second-order valence-corrected chi connectivity index (χ2v) is 5.76.